The van der Waals surface area contributed by atoms with E-state index in [0.29, 0.717) is 6.04 Å². The Hall–Kier alpha value is -0.540. The first-order chi connectivity index (χ1) is 7.22. The lowest BCUT2D eigenvalue weighted by Gasteiger charge is -2.17. The van der Waals surface area contributed by atoms with E-state index in [1.807, 2.05) is 18.2 Å². The van der Waals surface area contributed by atoms with Gasteiger partial charge < -0.3 is 10.4 Å². The lowest BCUT2D eigenvalue weighted by molar-refractivity contribution is 0.281. The van der Waals surface area contributed by atoms with Crippen LogP contribution in [0.3, 0.4) is 0 Å². The molecule has 2 nitrogen and oxygen atoms in total. The van der Waals surface area contributed by atoms with E-state index in [1.165, 1.54) is 12.8 Å². The summed E-state index contributed by atoms with van der Waals surface area (Å²) in [7, 11) is 0. The van der Waals surface area contributed by atoms with Crippen LogP contribution in [0.5, 0.6) is 0 Å². The topological polar surface area (TPSA) is 32.3 Å². The second kappa shape index (κ2) is 4.54. The van der Waals surface area contributed by atoms with Crippen LogP contribution >= 0.6 is 15.9 Å². The average Bonchev–Trinajstić information content (AvgIpc) is 3.01. The van der Waals surface area contributed by atoms with Crippen molar-refractivity contribution in [3.8, 4) is 0 Å². The van der Waals surface area contributed by atoms with Crippen molar-refractivity contribution in [2.75, 3.05) is 5.32 Å². The molecular formula is C12H16BrNO. The number of rotatable bonds is 4. The van der Waals surface area contributed by atoms with Gasteiger partial charge in [-0.2, -0.15) is 0 Å². The molecule has 1 aromatic carbocycles. The monoisotopic (exact) mass is 269 g/mol. The fraction of sp³-hybridized carbons (Fsp3) is 0.500. The van der Waals surface area contributed by atoms with Crippen LogP contribution in [0.15, 0.2) is 22.7 Å². The summed E-state index contributed by atoms with van der Waals surface area (Å²) in [6.07, 6.45) is 2.66. The normalized spacial score (nSPS) is 17.5. The van der Waals surface area contributed by atoms with Crippen molar-refractivity contribution in [1.29, 1.82) is 0 Å². The number of aliphatic hydroxyl groups excluding tert-OH is 1. The average molecular weight is 270 g/mol. The van der Waals surface area contributed by atoms with E-state index in [2.05, 4.69) is 28.2 Å². The zero-order valence-electron chi connectivity index (χ0n) is 8.83. The van der Waals surface area contributed by atoms with Crippen molar-refractivity contribution in [2.45, 2.75) is 32.4 Å². The maximum absolute atomic E-state index is 9.30. The molecule has 1 fully saturated rings. The summed E-state index contributed by atoms with van der Waals surface area (Å²) in [5, 5.41) is 12.8. The Bertz CT molecular complexity index is 349. The highest BCUT2D eigenvalue weighted by atomic mass is 79.9. The minimum Gasteiger partial charge on any atom is -0.392 e. The summed E-state index contributed by atoms with van der Waals surface area (Å²) in [6.45, 7) is 2.28. The Kier molecular flexibility index (Phi) is 3.32. The Morgan fingerprint density at radius 2 is 2.27 bits per heavy atom. The van der Waals surface area contributed by atoms with Gasteiger partial charge in [-0.05, 0) is 37.8 Å². The van der Waals surface area contributed by atoms with Crippen molar-refractivity contribution in [3.05, 3.63) is 28.2 Å². The number of aliphatic hydroxyl groups is 1. The van der Waals surface area contributed by atoms with Gasteiger partial charge in [-0.1, -0.05) is 22.0 Å². The molecule has 0 aromatic heterocycles. The molecule has 1 aliphatic rings. The molecule has 1 aliphatic carbocycles. The summed E-state index contributed by atoms with van der Waals surface area (Å²) >= 11 is 3.45. The predicted octanol–water partition coefficient (Wildman–Crippen LogP) is 3.15. The second-order valence-corrected chi connectivity index (χ2v) is 5.05. The van der Waals surface area contributed by atoms with E-state index < -0.39 is 0 Å². The van der Waals surface area contributed by atoms with Crippen LogP contribution in [-0.4, -0.2) is 11.1 Å². The molecular weight excluding hydrogens is 254 g/mol. The first kappa shape index (κ1) is 11.0. The van der Waals surface area contributed by atoms with Crippen LogP contribution in [-0.2, 0) is 6.61 Å². The van der Waals surface area contributed by atoms with Crippen molar-refractivity contribution >= 4 is 21.6 Å². The highest BCUT2D eigenvalue weighted by Crippen LogP contribution is 2.35. The number of hydrogen-bond acceptors (Lipinski definition) is 2. The van der Waals surface area contributed by atoms with Crippen LogP contribution in [0.1, 0.15) is 25.3 Å². The van der Waals surface area contributed by atoms with E-state index in [-0.39, 0.29) is 6.61 Å². The van der Waals surface area contributed by atoms with Gasteiger partial charge in [-0.25, -0.2) is 0 Å². The van der Waals surface area contributed by atoms with E-state index in [9.17, 15) is 5.11 Å². The van der Waals surface area contributed by atoms with Crippen LogP contribution in [0.4, 0.5) is 5.69 Å². The number of hydrogen-bond donors (Lipinski definition) is 2. The van der Waals surface area contributed by atoms with E-state index >= 15 is 0 Å². The zero-order chi connectivity index (χ0) is 10.8. The Morgan fingerprint density at radius 1 is 1.53 bits per heavy atom. The lowest BCUT2D eigenvalue weighted by Crippen LogP contribution is -2.18. The Morgan fingerprint density at radius 3 is 2.87 bits per heavy atom. The third-order valence-corrected chi connectivity index (χ3v) is 3.73. The molecule has 0 radical (unpaired) electrons. The van der Waals surface area contributed by atoms with Crippen LogP contribution in [0.25, 0.3) is 0 Å². The van der Waals surface area contributed by atoms with Gasteiger partial charge in [-0.15, -0.1) is 0 Å². The SMILES string of the molecule is CC(Nc1cccc(Br)c1CO)C1CC1. The Labute approximate surface area is 98.8 Å². The minimum atomic E-state index is 0.0706. The molecule has 0 spiro atoms. The predicted molar refractivity (Wildman–Crippen MR) is 65.9 cm³/mol. The maximum atomic E-state index is 9.30. The quantitative estimate of drug-likeness (QED) is 0.880. The highest BCUT2D eigenvalue weighted by Gasteiger charge is 2.28. The van der Waals surface area contributed by atoms with E-state index in [4.69, 9.17) is 0 Å². The van der Waals surface area contributed by atoms with Gasteiger partial charge in [0.05, 0.1) is 6.61 Å². The summed E-state index contributed by atoms with van der Waals surface area (Å²) < 4.78 is 0.970. The fourth-order valence-corrected chi connectivity index (χ4v) is 2.31. The van der Waals surface area contributed by atoms with Crippen LogP contribution in [0.2, 0.25) is 0 Å². The molecule has 0 saturated heterocycles. The van der Waals surface area contributed by atoms with Crippen LogP contribution in [0, 0.1) is 5.92 Å². The van der Waals surface area contributed by atoms with Crippen molar-refractivity contribution in [1.82, 2.24) is 0 Å². The zero-order valence-corrected chi connectivity index (χ0v) is 10.4. The second-order valence-electron chi connectivity index (χ2n) is 4.19. The van der Waals surface area contributed by atoms with Crippen molar-refractivity contribution in [2.24, 2.45) is 5.92 Å². The van der Waals surface area contributed by atoms with Gasteiger partial charge in [0.1, 0.15) is 0 Å². The van der Waals surface area contributed by atoms with Gasteiger partial charge in [0.25, 0.3) is 0 Å². The third-order valence-electron chi connectivity index (χ3n) is 2.99. The lowest BCUT2D eigenvalue weighted by atomic mass is 10.1. The van der Waals surface area contributed by atoms with Gasteiger partial charge in [-0.3, -0.25) is 0 Å². The summed E-state index contributed by atoms with van der Waals surface area (Å²) in [4.78, 5) is 0. The molecule has 1 aromatic rings. The van der Waals surface area contributed by atoms with E-state index in [1.54, 1.807) is 0 Å². The van der Waals surface area contributed by atoms with Crippen LogP contribution < -0.4 is 5.32 Å². The first-order valence-corrected chi connectivity index (χ1v) is 6.16. The highest BCUT2D eigenvalue weighted by molar-refractivity contribution is 9.10. The molecule has 2 N–H and O–H groups in total. The molecule has 0 aliphatic heterocycles. The standard InChI is InChI=1S/C12H16BrNO/c1-8(9-5-6-9)14-12-4-2-3-11(13)10(12)7-15/h2-4,8-9,14-15H,5-7H2,1H3. The molecule has 82 valence electrons. The number of halogens is 1. The summed E-state index contributed by atoms with van der Waals surface area (Å²) in [5.41, 5.74) is 2.00. The smallest absolute Gasteiger partial charge is 0.0713 e. The first-order valence-electron chi connectivity index (χ1n) is 5.37. The molecule has 2 rings (SSSR count). The maximum Gasteiger partial charge on any atom is 0.0713 e. The van der Waals surface area contributed by atoms with Gasteiger partial charge in [0.2, 0.25) is 0 Å². The third kappa shape index (κ3) is 2.52. The molecule has 1 unspecified atom stereocenters. The molecule has 0 amide bonds. The van der Waals surface area contributed by atoms with Gasteiger partial charge in [0.15, 0.2) is 0 Å². The Balaban J connectivity index is 2.15. The van der Waals surface area contributed by atoms with Gasteiger partial charge >= 0.3 is 0 Å². The van der Waals surface area contributed by atoms with Crippen molar-refractivity contribution in [3.63, 3.8) is 0 Å². The molecule has 1 atom stereocenters. The molecule has 3 heteroatoms. The van der Waals surface area contributed by atoms with E-state index in [0.717, 1.165) is 21.6 Å². The number of nitrogens with one attached hydrogen (secondary N) is 1. The largest absolute Gasteiger partial charge is 0.392 e. The summed E-state index contributed by atoms with van der Waals surface area (Å²) in [5.74, 6) is 0.815. The van der Waals surface area contributed by atoms with Gasteiger partial charge in [0, 0.05) is 21.8 Å². The molecule has 0 bridgehead atoms. The van der Waals surface area contributed by atoms with Crippen molar-refractivity contribution < 1.29 is 5.11 Å². The number of anilines is 1. The summed E-state index contributed by atoms with van der Waals surface area (Å²) in [6, 6.07) is 6.48. The molecule has 15 heavy (non-hydrogen) atoms. The molecule has 0 heterocycles. The fourth-order valence-electron chi connectivity index (χ4n) is 1.81. The molecule has 1 saturated carbocycles. The number of benzene rings is 1. The minimum absolute atomic E-state index is 0.0706.